The topological polar surface area (TPSA) is 17.3 Å². The van der Waals surface area contributed by atoms with Gasteiger partial charge in [-0.3, -0.25) is 0 Å². The van der Waals surface area contributed by atoms with Gasteiger partial charge in [0.15, 0.2) is 0 Å². The van der Waals surface area contributed by atoms with Gasteiger partial charge in [0.1, 0.15) is 0 Å². The van der Waals surface area contributed by atoms with Crippen molar-refractivity contribution in [3.05, 3.63) is 90.8 Å². The van der Waals surface area contributed by atoms with Gasteiger partial charge in [-0.05, 0) is 0 Å². The molecule has 4 aromatic rings. The van der Waals surface area contributed by atoms with E-state index in [1.54, 1.807) is 0 Å². The molecule has 0 saturated heterocycles. The Kier molecular flexibility index (Phi) is 4.02. The van der Waals surface area contributed by atoms with E-state index in [0.29, 0.717) is 0 Å². The zero-order valence-electron chi connectivity index (χ0n) is 13.3. The maximum atomic E-state index is 4.80. The van der Waals surface area contributed by atoms with Gasteiger partial charge in [0.2, 0.25) is 0 Å². The van der Waals surface area contributed by atoms with Crippen molar-refractivity contribution < 1.29 is 0 Å². The van der Waals surface area contributed by atoms with Gasteiger partial charge in [0.25, 0.3) is 0 Å². The first-order valence-electron chi connectivity index (χ1n) is 7.87. The molecule has 0 aliphatic carbocycles. The van der Waals surface area contributed by atoms with Crippen LogP contribution in [0.3, 0.4) is 0 Å². The van der Waals surface area contributed by atoms with Crippen molar-refractivity contribution in [1.29, 1.82) is 0 Å². The average Bonchev–Trinajstić information content (AvgIpc) is 2.99. The summed E-state index contributed by atoms with van der Waals surface area (Å²) in [6.45, 7) is 2.11. The number of benzene rings is 2. The van der Waals surface area contributed by atoms with Crippen LogP contribution in [0, 0.1) is 6.92 Å². The molecule has 2 aromatic carbocycles. The molecule has 24 heavy (non-hydrogen) atoms. The van der Waals surface area contributed by atoms with Crippen LogP contribution in [0.15, 0.2) is 85.1 Å². The van der Waals surface area contributed by atoms with E-state index in [9.17, 15) is 0 Å². The minimum atomic E-state index is -1.89. The van der Waals surface area contributed by atoms with Crippen LogP contribution in [-0.4, -0.2) is 24.5 Å². The van der Waals surface area contributed by atoms with Crippen LogP contribution >= 0.6 is 5.51 Å². The normalized spacial score (nSPS) is 11.7. The zero-order valence-corrected chi connectivity index (χ0v) is 15.9. The van der Waals surface area contributed by atoms with Gasteiger partial charge in [-0.15, -0.1) is 0 Å². The average molecular weight is 395 g/mol. The molecule has 0 N–H and O–H groups in total. The second kappa shape index (κ2) is 6.18. The molecule has 0 bridgehead atoms. The number of rotatable bonds is 3. The summed E-state index contributed by atoms with van der Waals surface area (Å²) < 4.78 is 2.24. The second-order valence-electron chi connectivity index (χ2n) is 5.73. The summed E-state index contributed by atoms with van der Waals surface area (Å²) in [6, 6.07) is 27.7. The summed E-state index contributed by atoms with van der Waals surface area (Å²) in [4.78, 5) is 4.80. The Morgan fingerprint density at radius 3 is 1.92 bits per heavy atom. The van der Waals surface area contributed by atoms with Crippen molar-refractivity contribution in [1.82, 2.24) is 9.38 Å². The quantitative estimate of drug-likeness (QED) is 0.385. The molecular weight excluding hydrogens is 378 g/mol. The molecule has 0 atom stereocenters. The molecule has 0 aliphatic heterocycles. The van der Waals surface area contributed by atoms with Gasteiger partial charge in [-0.2, -0.15) is 0 Å². The van der Waals surface area contributed by atoms with E-state index in [4.69, 9.17) is 4.98 Å². The third-order valence-corrected chi connectivity index (χ3v) is 11.1. The molecule has 4 rings (SSSR count). The SMILES string of the molecule is Cc1nc2ccccn2c1P(=[Se])(c1ccccc1)c1ccccc1. The first-order valence-corrected chi connectivity index (χ1v) is 11.9. The van der Waals surface area contributed by atoms with E-state index in [-0.39, 0.29) is 0 Å². The number of imidazole rings is 1. The van der Waals surface area contributed by atoms with Crippen LogP contribution in [0.25, 0.3) is 5.65 Å². The second-order valence-corrected chi connectivity index (χ2v) is 11.9. The van der Waals surface area contributed by atoms with Crippen molar-refractivity contribution in [2.75, 3.05) is 0 Å². The summed E-state index contributed by atoms with van der Waals surface area (Å²) in [5, 5.41) is 2.65. The Bertz CT molecular complexity index is 996. The van der Waals surface area contributed by atoms with Gasteiger partial charge in [0.05, 0.1) is 0 Å². The third kappa shape index (κ3) is 2.41. The van der Waals surface area contributed by atoms with E-state index in [1.165, 1.54) is 16.0 Å². The van der Waals surface area contributed by atoms with Gasteiger partial charge < -0.3 is 0 Å². The predicted molar refractivity (Wildman–Crippen MR) is 104 cm³/mol. The predicted octanol–water partition coefficient (Wildman–Crippen LogP) is 3.02. The molecule has 0 fully saturated rings. The van der Waals surface area contributed by atoms with E-state index in [1.807, 2.05) is 6.07 Å². The Morgan fingerprint density at radius 2 is 1.33 bits per heavy atom. The zero-order chi connectivity index (χ0) is 16.6. The standard InChI is InChI=1S/C20H17N2PSe/c1-16-20(22-15-9-8-14-19(22)21-16)23(24,17-10-4-2-5-11-17)18-12-6-3-7-13-18/h2-15H,1H3. The molecule has 0 spiro atoms. The Morgan fingerprint density at radius 1 is 0.792 bits per heavy atom. The molecule has 0 radical (unpaired) electrons. The molecule has 2 heterocycles. The van der Waals surface area contributed by atoms with Crippen LogP contribution in [-0.2, 0) is 0 Å². The van der Waals surface area contributed by atoms with Crippen molar-refractivity contribution in [2.45, 2.75) is 6.92 Å². The fraction of sp³-hybridized carbons (Fsp3) is 0.0500. The van der Waals surface area contributed by atoms with Crippen LogP contribution < -0.4 is 16.0 Å². The van der Waals surface area contributed by atoms with Crippen LogP contribution in [0.4, 0.5) is 0 Å². The molecule has 0 aliphatic rings. The number of pyridine rings is 1. The monoisotopic (exact) mass is 396 g/mol. The first-order chi connectivity index (χ1) is 11.7. The third-order valence-electron chi connectivity index (χ3n) is 4.21. The van der Waals surface area contributed by atoms with Gasteiger partial charge >= 0.3 is 149 Å². The molecule has 118 valence electrons. The fourth-order valence-corrected chi connectivity index (χ4v) is 9.02. The van der Waals surface area contributed by atoms with Crippen LogP contribution in [0.1, 0.15) is 5.69 Å². The summed E-state index contributed by atoms with van der Waals surface area (Å²) in [6.07, 6.45) is 2.11. The molecule has 0 saturated carbocycles. The molecule has 0 amide bonds. The number of fused-ring (bicyclic) bond motifs is 1. The van der Waals surface area contributed by atoms with Crippen molar-refractivity contribution in [3.8, 4) is 0 Å². The van der Waals surface area contributed by atoms with Crippen LogP contribution in [0.5, 0.6) is 0 Å². The number of hydrogen-bond acceptors (Lipinski definition) is 1. The van der Waals surface area contributed by atoms with Gasteiger partial charge in [-0.1, -0.05) is 0 Å². The number of nitrogens with zero attached hydrogens (tertiary/aromatic N) is 2. The minimum absolute atomic E-state index is 0.997. The van der Waals surface area contributed by atoms with Gasteiger partial charge in [-0.25, -0.2) is 0 Å². The fourth-order valence-electron chi connectivity index (χ4n) is 3.15. The molecule has 2 aromatic heterocycles. The Labute approximate surface area is 149 Å². The van der Waals surface area contributed by atoms with Crippen molar-refractivity contribution >= 4 is 42.3 Å². The molecule has 4 heteroatoms. The van der Waals surface area contributed by atoms with E-state index < -0.39 is 5.51 Å². The molecular formula is C20H17N2PSe. The summed E-state index contributed by atoms with van der Waals surface area (Å²) >= 11 is 3.61. The van der Waals surface area contributed by atoms with E-state index >= 15 is 0 Å². The maximum absolute atomic E-state index is 4.80. The van der Waals surface area contributed by atoms with Crippen molar-refractivity contribution in [2.24, 2.45) is 0 Å². The summed E-state index contributed by atoms with van der Waals surface area (Å²) in [5.74, 6) is 0. The number of aryl methyl sites for hydroxylation is 1. The Balaban J connectivity index is 2.11. The van der Waals surface area contributed by atoms with E-state index in [2.05, 4.69) is 105 Å². The van der Waals surface area contributed by atoms with Crippen molar-refractivity contribution in [3.63, 3.8) is 0 Å². The number of hydrogen-bond donors (Lipinski definition) is 0. The number of aromatic nitrogens is 2. The molecule has 2 nitrogen and oxygen atoms in total. The van der Waals surface area contributed by atoms with Gasteiger partial charge in [0, 0.05) is 0 Å². The van der Waals surface area contributed by atoms with Crippen LogP contribution in [0.2, 0.25) is 0 Å². The first kappa shape index (κ1) is 15.6. The van der Waals surface area contributed by atoms with E-state index in [0.717, 1.165) is 11.3 Å². The molecule has 0 unspecified atom stereocenters. The summed E-state index contributed by atoms with van der Waals surface area (Å²) in [7, 11) is 0. The Hall–Kier alpha value is -1.92. The summed E-state index contributed by atoms with van der Waals surface area (Å²) in [5.41, 5.74) is 1.47.